The maximum absolute atomic E-state index is 10.6. The number of carboxylic acid groups (broad SMARTS) is 1. The third kappa shape index (κ3) is 2.01. The van der Waals surface area contributed by atoms with Crippen molar-refractivity contribution in [2.24, 2.45) is 0 Å². The minimum atomic E-state index is -1.09. The topological polar surface area (TPSA) is 75.1 Å². The fourth-order valence-corrected chi connectivity index (χ4v) is 1.38. The predicted octanol–water partition coefficient (Wildman–Crippen LogP) is -0.407. The summed E-state index contributed by atoms with van der Waals surface area (Å²) in [5, 5.41) is 12.3. The molecule has 1 aliphatic rings. The molecule has 1 aromatic rings. The van der Waals surface area contributed by atoms with Crippen LogP contribution in [-0.2, 0) is 0 Å². The van der Waals surface area contributed by atoms with Crippen LogP contribution in [0.3, 0.4) is 0 Å². The number of allylic oxidation sites excluding steroid dienone is 1. The van der Waals surface area contributed by atoms with E-state index in [0.29, 0.717) is 22.8 Å². The number of nitrogens with zero attached hydrogens (tertiary/aromatic N) is 2. The highest BCUT2D eigenvalue weighted by atomic mass is 16.4. The summed E-state index contributed by atoms with van der Waals surface area (Å²) in [6.45, 7) is 0. The monoisotopic (exact) mass is 203 g/mol. The molecular weight excluding hydrogens is 194 g/mol. The molecule has 5 heteroatoms. The highest BCUT2D eigenvalue weighted by molar-refractivity contribution is 5.74. The van der Waals surface area contributed by atoms with Crippen LogP contribution in [0.5, 0.6) is 0 Å². The molecule has 0 aromatic carbocycles. The molecule has 1 heterocycles. The maximum Gasteiger partial charge on any atom is 0.408 e. The van der Waals surface area contributed by atoms with E-state index < -0.39 is 6.09 Å². The summed E-state index contributed by atoms with van der Waals surface area (Å²) in [5.41, 5.74) is 0.551. The average Bonchev–Trinajstić information content (AvgIpc) is 2.41. The smallest absolute Gasteiger partial charge is 0.408 e. The Hall–Kier alpha value is -2.17. The Morgan fingerprint density at radius 1 is 1.40 bits per heavy atom. The van der Waals surface area contributed by atoms with Gasteiger partial charge in [-0.15, -0.1) is 0 Å². The Morgan fingerprint density at radius 3 is 3.00 bits per heavy atom. The number of hydrogen-bond acceptors (Lipinski definition) is 3. The SMILES string of the molecule is O=C(O)NC1=c2nccnc2=CC=CC1. The fraction of sp³-hybridized carbons (Fsp3) is 0.100. The van der Waals surface area contributed by atoms with Crippen molar-refractivity contribution < 1.29 is 9.90 Å². The molecule has 0 bridgehead atoms. The van der Waals surface area contributed by atoms with Crippen molar-refractivity contribution in [3.8, 4) is 0 Å². The van der Waals surface area contributed by atoms with Crippen LogP contribution in [-0.4, -0.2) is 21.2 Å². The molecule has 0 spiro atoms. The molecule has 0 fully saturated rings. The zero-order chi connectivity index (χ0) is 10.7. The van der Waals surface area contributed by atoms with Crippen LogP contribution < -0.4 is 16.0 Å². The molecule has 0 saturated carbocycles. The van der Waals surface area contributed by atoms with Gasteiger partial charge in [-0.25, -0.2) is 4.79 Å². The molecule has 1 aromatic heterocycles. The van der Waals surface area contributed by atoms with E-state index in [1.165, 1.54) is 0 Å². The maximum atomic E-state index is 10.6. The quantitative estimate of drug-likeness (QED) is 0.650. The molecular formula is C10H9N3O2. The van der Waals surface area contributed by atoms with Gasteiger partial charge in [0.25, 0.3) is 0 Å². The minimum Gasteiger partial charge on any atom is -0.465 e. The van der Waals surface area contributed by atoms with E-state index in [4.69, 9.17) is 5.11 Å². The zero-order valence-electron chi connectivity index (χ0n) is 7.84. The first-order chi connectivity index (χ1) is 7.27. The second-order valence-corrected chi connectivity index (χ2v) is 3.00. The molecule has 1 amide bonds. The van der Waals surface area contributed by atoms with Crippen LogP contribution in [0.25, 0.3) is 11.8 Å². The molecule has 76 valence electrons. The van der Waals surface area contributed by atoms with Gasteiger partial charge in [-0.2, -0.15) is 0 Å². The van der Waals surface area contributed by atoms with Crippen LogP contribution >= 0.6 is 0 Å². The molecule has 0 radical (unpaired) electrons. The molecule has 5 nitrogen and oxygen atoms in total. The van der Waals surface area contributed by atoms with Gasteiger partial charge in [0, 0.05) is 18.8 Å². The highest BCUT2D eigenvalue weighted by Gasteiger charge is 2.05. The van der Waals surface area contributed by atoms with Crippen molar-refractivity contribution in [3.63, 3.8) is 0 Å². The first kappa shape index (κ1) is 9.39. The summed E-state index contributed by atoms with van der Waals surface area (Å²) < 4.78 is 0. The third-order valence-electron chi connectivity index (χ3n) is 1.98. The lowest BCUT2D eigenvalue weighted by atomic mass is 10.3. The molecule has 2 rings (SSSR count). The Balaban J connectivity index is 2.65. The lowest BCUT2D eigenvalue weighted by Crippen LogP contribution is -2.37. The van der Waals surface area contributed by atoms with Gasteiger partial charge in [-0.05, 0) is 6.08 Å². The Labute approximate surface area is 85.5 Å². The number of aromatic nitrogens is 2. The van der Waals surface area contributed by atoms with Crippen LogP contribution in [0.1, 0.15) is 6.42 Å². The van der Waals surface area contributed by atoms with Gasteiger partial charge in [0.2, 0.25) is 0 Å². The molecule has 0 aliphatic heterocycles. The van der Waals surface area contributed by atoms with E-state index >= 15 is 0 Å². The summed E-state index contributed by atoms with van der Waals surface area (Å²) >= 11 is 0. The minimum absolute atomic E-state index is 0.508. The van der Waals surface area contributed by atoms with Crippen LogP contribution in [0.15, 0.2) is 24.5 Å². The van der Waals surface area contributed by atoms with Gasteiger partial charge >= 0.3 is 6.09 Å². The summed E-state index contributed by atoms with van der Waals surface area (Å²) in [4.78, 5) is 18.8. The first-order valence-electron chi connectivity index (χ1n) is 4.44. The molecule has 0 saturated heterocycles. The van der Waals surface area contributed by atoms with E-state index in [1.54, 1.807) is 18.5 Å². The summed E-state index contributed by atoms with van der Waals surface area (Å²) in [6, 6.07) is 0. The average molecular weight is 203 g/mol. The second-order valence-electron chi connectivity index (χ2n) is 3.00. The number of hydrogen-bond donors (Lipinski definition) is 2. The fourth-order valence-electron chi connectivity index (χ4n) is 1.38. The molecule has 1 aliphatic carbocycles. The van der Waals surface area contributed by atoms with Gasteiger partial charge < -0.3 is 5.11 Å². The van der Waals surface area contributed by atoms with E-state index in [9.17, 15) is 4.79 Å². The predicted molar refractivity (Wildman–Crippen MR) is 54.1 cm³/mol. The summed E-state index contributed by atoms with van der Waals surface area (Å²) in [5.74, 6) is 0. The first-order valence-corrected chi connectivity index (χ1v) is 4.44. The lowest BCUT2D eigenvalue weighted by Gasteiger charge is -2.02. The van der Waals surface area contributed by atoms with Gasteiger partial charge in [-0.3, -0.25) is 15.3 Å². The zero-order valence-corrected chi connectivity index (χ0v) is 7.84. The molecule has 0 unspecified atom stereocenters. The summed E-state index contributed by atoms with van der Waals surface area (Å²) in [6.07, 6.45) is 8.04. The van der Waals surface area contributed by atoms with Crippen molar-refractivity contribution in [3.05, 3.63) is 35.2 Å². The van der Waals surface area contributed by atoms with Gasteiger partial charge in [0.1, 0.15) is 5.35 Å². The molecule has 2 N–H and O–H groups in total. The van der Waals surface area contributed by atoms with Crippen molar-refractivity contribution in [2.75, 3.05) is 0 Å². The van der Waals surface area contributed by atoms with E-state index in [2.05, 4.69) is 15.3 Å². The number of nitrogens with one attached hydrogen (secondary N) is 1. The highest BCUT2D eigenvalue weighted by Crippen LogP contribution is 1.98. The lowest BCUT2D eigenvalue weighted by molar-refractivity contribution is 0.199. The third-order valence-corrected chi connectivity index (χ3v) is 1.98. The van der Waals surface area contributed by atoms with Crippen LogP contribution in [0.2, 0.25) is 0 Å². The number of fused-ring (bicyclic) bond motifs is 1. The normalized spacial score (nSPS) is 13.7. The van der Waals surface area contributed by atoms with Crippen molar-refractivity contribution in [2.45, 2.75) is 6.42 Å². The van der Waals surface area contributed by atoms with E-state index in [0.717, 1.165) is 0 Å². The molecule has 15 heavy (non-hydrogen) atoms. The van der Waals surface area contributed by atoms with E-state index in [-0.39, 0.29) is 0 Å². The van der Waals surface area contributed by atoms with Crippen molar-refractivity contribution in [1.82, 2.24) is 15.3 Å². The van der Waals surface area contributed by atoms with Crippen molar-refractivity contribution >= 4 is 17.9 Å². The van der Waals surface area contributed by atoms with Gasteiger partial charge in [0.15, 0.2) is 0 Å². The Morgan fingerprint density at radius 2 is 2.20 bits per heavy atom. The largest absolute Gasteiger partial charge is 0.465 e. The van der Waals surface area contributed by atoms with Gasteiger partial charge in [0.05, 0.1) is 11.0 Å². The number of carbonyl (C=O) groups is 1. The Bertz CT molecular complexity index is 534. The summed E-state index contributed by atoms with van der Waals surface area (Å²) in [7, 11) is 0. The number of rotatable bonds is 1. The standard InChI is InChI=1S/C10H9N3O2/c14-10(15)13-8-4-2-1-3-7-9(8)12-6-5-11-7/h1-3,5-6,13H,4H2,(H,14,15). The number of amides is 1. The second kappa shape index (κ2) is 3.91. The Kier molecular flexibility index (Phi) is 2.45. The van der Waals surface area contributed by atoms with Crippen molar-refractivity contribution in [1.29, 1.82) is 0 Å². The van der Waals surface area contributed by atoms with Gasteiger partial charge in [-0.1, -0.05) is 12.2 Å². The van der Waals surface area contributed by atoms with Crippen LogP contribution in [0, 0.1) is 0 Å². The van der Waals surface area contributed by atoms with E-state index in [1.807, 2.05) is 12.2 Å². The van der Waals surface area contributed by atoms with Crippen LogP contribution in [0.4, 0.5) is 4.79 Å². The molecule has 0 atom stereocenters.